The maximum absolute atomic E-state index is 12.5. The van der Waals surface area contributed by atoms with Crippen molar-refractivity contribution in [3.63, 3.8) is 0 Å². The second kappa shape index (κ2) is 4.65. The molecule has 2 rings (SSSR count). The number of carboxylic acid groups (broad SMARTS) is 1. The Morgan fingerprint density at radius 3 is 2.76 bits per heavy atom. The van der Waals surface area contributed by atoms with Gasteiger partial charge in [-0.3, -0.25) is 0 Å². The SMILES string of the molecule is O=C(O)c1ccc(N2CC[C@H](C(F)F)C2)nc1. The number of anilines is 1. The lowest BCUT2D eigenvalue weighted by Gasteiger charge is -2.17. The summed E-state index contributed by atoms with van der Waals surface area (Å²) < 4.78 is 24.9. The molecule has 17 heavy (non-hydrogen) atoms. The Labute approximate surface area is 96.9 Å². The predicted octanol–water partition coefficient (Wildman–Crippen LogP) is 1.87. The van der Waals surface area contributed by atoms with E-state index in [1.807, 2.05) is 0 Å². The van der Waals surface area contributed by atoms with Crippen LogP contribution in [0.3, 0.4) is 0 Å². The first-order valence-electron chi connectivity index (χ1n) is 5.30. The number of carbonyl (C=O) groups is 1. The third kappa shape index (κ3) is 2.51. The summed E-state index contributed by atoms with van der Waals surface area (Å²) in [5.74, 6) is -1.11. The van der Waals surface area contributed by atoms with Crippen molar-refractivity contribution in [2.24, 2.45) is 5.92 Å². The van der Waals surface area contributed by atoms with Gasteiger partial charge in [0.05, 0.1) is 5.56 Å². The van der Waals surface area contributed by atoms with E-state index < -0.39 is 18.3 Å². The molecule has 0 amide bonds. The van der Waals surface area contributed by atoms with Crippen LogP contribution in [0.4, 0.5) is 14.6 Å². The highest BCUT2D eigenvalue weighted by Gasteiger charge is 2.30. The van der Waals surface area contributed by atoms with E-state index in [0.717, 1.165) is 0 Å². The van der Waals surface area contributed by atoms with Gasteiger partial charge < -0.3 is 10.0 Å². The average Bonchev–Trinajstić information content (AvgIpc) is 2.78. The largest absolute Gasteiger partial charge is 0.478 e. The van der Waals surface area contributed by atoms with Crippen molar-refractivity contribution >= 4 is 11.8 Å². The van der Waals surface area contributed by atoms with Gasteiger partial charge in [0.15, 0.2) is 0 Å². The molecule has 1 aliphatic rings. The molecule has 0 spiro atoms. The van der Waals surface area contributed by atoms with Gasteiger partial charge in [-0.25, -0.2) is 18.6 Å². The summed E-state index contributed by atoms with van der Waals surface area (Å²) in [4.78, 5) is 16.4. The number of hydrogen-bond acceptors (Lipinski definition) is 3. The molecule has 0 saturated carbocycles. The summed E-state index contributed by atoms with van der Waals surface area (Å²) in [6, 6.07) is 2.98. The Kier molecular flexibility index (Phi) is 3.21. The van der Waals surface area contributed by atoms with E-state index in [4.69, 9.17) is 5.11 Å². The van der Waals surface area contributed by atoms with Gasteiger partial charge in [-0.2, -0.15) is 0 Å². The molecule has 1 atom stereocenters. The van der Waals surface area contributed by atoms with E-state index in [0.29, 0.717) is 18.8 Å². The van der Waals surface area contributed by atoms with Crippen LogP contribution in [0.1, 0.15) is 16.8 Å². The normalized spacial score (nSPS) is 19.9. The zero-order valence-corrected chi connectivity index (χ0v) is 9.01. The number of nitrogens with zero attached hydrogens (tertiary/aromatic N) is 2. The van der Waals surface area contributed by atoms with E-state index >= 15 is 0 Å². The minimum Gasteiger partial charge on any atom is -0.478 e. The van der Waals surface area contributed by atoms with Crippen molar-refractivity contribution in [1.29, 1.82) is 0 Å². The predicted molar refractivity (Wildman–Crippen MR) is 57.5 cm³/mol. The fourth-order valence-electron chi connectivity index (χ4n) is 1.90. The minimum absolute atomic E-state index is 0.0957. The van der Waals surface area contributed by atoms with Gasteiger partial charge in [0, 0.05) is 25.2 Å². The van der Waals surface area contributed by atoms with Crippen LogP contribution in [-0.4, -0.2) is 35.6 Å². The highest BCUT2D eigenvalue weighted by atomic mass is 19.3. The quantitative estimate of drug-likeness (QED) is 0.879. The average molecular weight is 242 g/mol. The van der Waals surface area contributed by atoms with Crippen LogP contribution in [-0.2, 0) is 0 Å². The molecule has 4 nitrogen and oxygen atoms in total. The van der Waals surface area contributed by atoms with Crippen LogP contribution in [0.2, 0.25) is 0 Å². The van der Waals surface area contributed by atoms with Gasteiger partial charge in [0.2, 0.25) is 6.43 Å². The van der Waals surface area contributed by atoms with Crippen molar-refractivity contribution in [3.8, 4) is 0 Å². The van der Waals surface area contributed by atoms with Gasteiger partial charge in [-0.15, -0.1) is 0 Å². The first kappa shape index (κ1) is 11.8. The van der Waals surface area contributed by atoms with Crippen LogP contribution < -0.4 is 4.90 Å². The lowest BCUT2D eigenvalue weighted by molar-refractivity contribution is 0.0696. The van der Waals surface area contributed by atoms with E-state index in [9.17, 15) is 13.6 Å². The molecule has 0 aliphatic carbocycles. The van der Waals surface area contributed by atoms with Gasteiger partial charge in [-0.1, -0.05) is 0 Å². The molecule has 0 aromatic carbocycles. The molecule has 1 aliphatic heterocycles. The second-order valence-electron chi connectivity index (χ2n) is 4.04. The molecule has 1 aromatic heterocycles. The number of halogens is 2. The first-order chi connectivity index (χ1) is 8.08. The second-order valence-corrected chi connectivity index (χ2v) is 4.04. The Bertz CT molecular complexity index is 408. The smallest absolute Gasteiger partial charge is 0.337 e. The number of carboxylic acids is 1. The summed E-state index contributed by atoms with van der Waals surface area (Å²) in [5.41, 5.74) is 0.0957. The zero-order chi connectivity index (χ0) is 12.4. The van der Waals surface area contributed by atoms with Crippen LogP contribution >= 0.6 is 0 Å². The molecular formula is C11H12F2N2O2. The third-order valence-electron chi connectivity index (χ3n) is 2.90. The molecular weight excluding hydrogens is 230 g/mol. The van der Waals surface area contributed by atoms with Crippen LogP contribution in [0.5, 0.6) is 0 Å². The van der Waals surface area contributed by atoms with Gasteiger partial charge in [0.1, 0.15) is 5.82 Å². The number of pyridine rings is 1. The van der Waals surface area contributed by atoms with E-state index in [1.165, 1.54) is 12.3 Å². The van der Waals surface area contributed by atoms with Crippen molar-refractivity contribution in [1.82, 2.24) is 4.98 Å². The monoisotopic (exact) mass is 242 g/mol. The van der Waals surface area contributed by atoms with Crippen LogP contribution in [0.25, 0.3) is 0 Å². The molecule has 1 N–H and O–H groups in total. The van der Waals surface area contributed by atoms with Crippen LogP contribution in [0.15, 0.2) is 18.3 Å². The van der Waals surface area contributed by atoms with Crippen molar-refractivity contribution in [2.45, 2.75) is 12.8 Å². The molecule has 0 unspecified atom stereocenters. The number of rotatable bonds is 3. The first-order valence-corrected chi connectivity index (χ1v) is 5.30. The third-order valence-corrected chi connectivity index (χ3v) is 2.90. The van der Waals surface area contributed by atoms with Gasteiger partial charge in [0.25, 0.3) is 0 Å². The lowest BCUT2D eigenvalue weighted by Crippen LogP contribution is -2.22. The molecule has 1 fully saturated rings. The number of alkyl halides is 2. The molecule has 0 bridgehead atoms. The summed E-state index contributed by atoms with van der Waals surface area (Å²) >= 11 is 0. The van der Waals surface area contributed by atoms with E-state index in [2.05, 4.69) is 4.98 Å². The number of aromatic nitrogens is 1. The van der Waals surface area contributed by atoms with Crippen LogP contribution in [0, 0.1) is 5.92 Å². The molecule has 6 heteroatoms. The van der Waals surface area contributed by atoms with E-state index in [1.54, 1.807) is 11.0 Å². The fraction of sp³-hybridized carbons (Fsp3) is 0.455. The summed E-state index contributed by atoms with van der Waals surface area (Å²) in [5, 5.41) is 8.70. The Hall–Kier alpha value is -1.72. The fourth-order valence-corrected chi connectivity index (χ4v) is 1.90. The lowest BCUT2D eigenvalue weighted by atomic mass is 10.1. The number of hydrogen-bond donors (Lipinski definition) is 1. The minimum atomic E-state index is -2.31. The Morgan fingerprint density at radius 1 is 1.53 bits per heavy atom. The number of aromatic carboxylic acids is 1. The topological polar surface area (TPSA) is 53.4 Å². The van der Waals surface area contributed by atoms with Gasteiger partial charge in [-0.05, 0) is 18.6 Å². The maximum atomic E-state index is 12.5. The highest BCUT2D eigenvalue weighted by molar-refractivity contribution is 5.87. The molecule has 0 radical (unpaired) electrons. The van der Waals surface area contributed by atoms with Gasteiger partial charge >= 0.3 is 5.97 Å². The zero-order valence-electron chi connectivity index (χ0n) is 9.01. The molecule has 1 aromatic rings. The van der Waals surface area contributed by atoms with Crippen molar-refractivity contribution in [3.05, 3.63) is 23.9 Å². The Balaban J connectivity index is 2.06. The summed E-state index contributed by atoms with van der Waals surface area (Å²) in [6.45, 7) is 0.811. The Morgan fingerprint density at radius 2 is 2.29 bits per heavy atom. The summed E-state index contributed by atoms with van der Waals surface area (Å²) in [7, 11) is 0. The maximum Gasteiger partial charge on any atom is 0.337 e. The molecule has 92 valence electrons. The van der Waals surface area contributed by atoms with E-state index in [-0.39, 0.29) is 12.1 Å². The van der Waals surface area contributed by atoms with Crippen molar-refractivity contribution < 1.29 is 18.7 Å². The highest BCUT2D eigenvalue weighted by Crippen LogP contribution is 2.26. The molecule has 1 saturated heterocycles. The standard InChI is InChI=1S/C11H12F2N2O2/c12-10(13)8-3-4-15(6-8)9-2-1-7(5-14-9)11(16)17/h1-2,5,8,10H,3-4,6H2,(H,16,17)/t8-/m0/s1. The summed E-state index contributed by atoms with van der Waals surface area (Å²) in [6.07, 6.45) is -0.619. The molecule has 2 heterocycles. The van der Waals surface area contributed by atoms with Crippen molar-refractivity contribution in [2.75, 3.05) is 18.0 Å².